The first-order valence-corrected chi connectivity index (χ1v) is 3.73. The highest BCUT2D eigenvalue weighted by atomic mass is 16.1. The van der Waals surface area contributed by atoms with Crippen LogP contribution in [-0.4, -0.2) is 16.0 Å². The zero-order valence-electron chi connectivity index (χ0n) is 6.40. The number of aromatic nitrogens is 2. The van der Waals surface area contributed by atoms with Crippen LogP contribution < -0.4 is 0 Å². The van der Waals surface area contributed by atoms with Crippen molar-refractivity contribution in [1.29, 1.82) is 0 Å². The SMILES string of the molecule is O=C=NC1(c2ccncn2)CC1. The maximum Gasteiger partial charge on any atom is 0.235 e. The molecule has 0 spiro atoms. The Morgan fingerprint density at radius 2 is 2.42 bits per heavy atom. The number of hydrogen-bond donors (Lipinski definition) is 0. The molecule has 0 amide bonds. The Morgan fingerprint density at radius 1 is 1.58 bits per heavy atom. The molecule has 1 saturated carbocycles. The van der Waals surface area contributed by atoms with E-state index in [4.69, 9.17) is 0 Å². The summed E-state index contributed by atoms with van der Waals surface area (Å²) in [6.45, 7) is 0. The first-order valence-electron chi connectivity index (χ1n) is 3.73. The molecule has 0 aromatic carbocycles. The van der Waals surface area contributed by atoms with Crippen molar-refractivity contribution in [2.75, 3.05) is 0 Å². The molecule has 0 saturated heterocycles. The van der Waals surface area contributed by atoms with Crippen molar-refractivity contribution in [3.8, 4) is 0 Å². The van der Waals surface area contributed by atoms with E-state index in [1.165, 1.54) is 6.33 Å². The molecule has 2 rings (SSSR count). The number of carbonyl (C=O) groups excluding carboxylic acids is 1. The molecule has 1 aliphatic rings. The van der Waals surface area contributed by atoms with E-state index in [0.717, 1.165) is 18.5 Å². The van der Waals surface area contributed by atoms with Crippen molar-refractivity contribution in [2.24, 2.45) is 4.99 Å². The molecule has 0 N–H and O–H groups in total. The van der Waals surface area contributed by atoms with Crippen LogP contribution in [0.1, 0.15) is 18.5 Å². The van der Waals surface area contributed by atoms with Crippen LogP contribution in [0.2, 0.25) is 0 Å². The van der Waals surface area contributed by atoms with Gasteiger partial charge in [-0.15, -0.1) is 0 Å². The summed E-state index contributed by atoms with van der Waals surface area (Å²) in [5.74, 6) is 0. The van der Waals surface area contributed by atoms with Crippen LogP contribution in [0.4, 0.5) is 0 Å². The third-order valence-corrected chi connectivity index (χ3v) is 2.04. The van der Waals surface area contributed by atoms with Crippen LogP contribution in [-0.2, 0) is 10.3 Å². The second-order valence-electron chi connectivity index (χ2n) is 2.83. The second-order valence-corrected chi connectivity index (χ2v) is 2.83. The minimum Gasteiger partial charge on any atom is -0.245 e. The Balaban J connectivity index is 2.37. The highest BCUT2D eigenvalue weighted by Crippen LogP contribution is 2.47. The first kappa shape index (κ1) is 7.13. The zero-order chi connectivity index (χ0) is 8.44. The van der Waals surface area contributed by atoms with Crippen LogP contribution in [0.15, 0.2) is 23.6 Å². The van der Waals surface area contributed by atoms with Crippen molar-refractivity contribution in [1.82, 2.24) is 9.97 Å². The number of rotatable bonds is 2. The van der Waals surface area contributed by atoms with Gasteiger partial charge in [0.25, 0.3) is 0 Å². The molecule has 1 aromatic rings. The third-order valence-electron chi connectivity index (χ3n) is 2.04. The summed E-state index contributed by atoms with van der Waals surface area (Å²) in [4.78, 5) is 21.7. The minimum atomic E-state index is -0.356. The Bertz CT molecular complexity index is 325. The molecule has 0 aliphatic heterocycles. The van der Waals surface area contributed by atoms with E-state index >= 15 is 0 Å². The summed E-state index contributed by atoms with van der Waals surface area (Å²) in [6, 6.07) is 1.79. The van der Waals surface area contributed by atoms with Crippen molar-refractivity contribution < 1.29 is 4.79 Å². The van der Waals surface area contributed by atoms with Gasteiger partial charge in [0, 0.05) is 6.20 Å². The van der Waals surface area contributed by atoms with Gasteiger partial charge in [0.2, 0.25) is 6.08 Å². The molecule has 4 nitrogen and oxygen atoms in total. The van der Waals surface area contributed by atoms with Gasteiger partial charge >= 0.3 is 0 Å². The van der Waals surface area contributed by atoms with E-state index in [1.54, 1.807) is 18.3 Å². The Morgan fingerprint density at radius 3 is 2.92 bits per heavy atom. The second kappa shape index (κ2) is 2.50. The fourth-order valence-corrected chi connectivity index (χ4v) is 1.20. The van der Waals surface area contributed by atoms with E-state index < -0.39 is 0 Å². The number of isocyanates is 1. The summed E-state index contributed by atoms with van der Waals surface area (Å²) in [6.07, 6.45) is 6.48. The monoisotopic (exact) mass is 161 g/mol. The molecule has 1 fully saturated rings. The van der Waals surface area contributed by atoms with Crippen LogP contribution in [0.3, 0.4) is 0 Å². The molecular formula is C8H7N3O. The predicted molar refractivity (Wildman–Crippen MR) is 41.1 cm³/mol. The average molecular weight is 161 g/mol. The van der Waals surface area contributed by atoms with E-state index in [1.807, 2.05) is 0 Å². The largest absolute Gasteiger partial charge is 0.245 e. The molecule has 60 valence electrons. The van der Waals surface area contributed by atoms with E-state index in [9.17, 15) is 4.79 Å². The first-order chi connectivity index (χ1) is 5.87. The topological polar surface area (TPSA) is 55.2 Å². The van der Waals surface area contributed by atoms with Crippen LogP contribution >= 0.6 is 0 Å². The van der Waals surface area contributed by atoms with Gasteiger partial charge in [-0.05, 0) is 18.9 Å². The number of hydrogen-bond acceptors (Lipinski definition) is 4. The molecule has 1 aliphatic carbocycles. The lowest BCUT2D eigenvalue weighted by atomic mass is 10.2. The molecule has 4 heteroatoms. The maximum absolute atomic E-state index is 10.1. The highest BCUT2D eigenvalue weighted by Gasteiger charge is 2.46. The average Bonchev–Trinajstić information content (AvgIpc) is 2.88. The van der Waals surface area contributed by atoms with Gasteiger partial charge in [-0.2, -0.15) is 4.99 Å². The summed E-state index contributed by atoms with van der Waals surface area (Å²) in [5.41, 5.74) is 0.464. The lowest BCUT2D eigenvalue weighted by Gasteiger charge is -2.03. The molecule has 0 bridgehead atoms. The smallest absolute Gasteiger partial charge is 0.235 e. The van der Waals surface area contributed by atoms with E-state index in [-0.39, 0.29) is 5.54 Å². The lowest BCUT2D eigenvalue weighted by molar-refractivity contribution is 0.555. The maximum atomic E-state index is 10.1. The lowest BCUT2D eigenvalue weighted by Crippen LogP contribution is -2.04. The summed E-state index contributed by atoms with van der Waals surface area (Å²) >= 11 is 0. The van der Waals surface area contributed by atoms with Gasteiger partial charge in [0.05, 0.1) is 5.69 Å². The third kappa shape index (κ3) is 1.02. The molecular weight excluding hydrogens is 154 g/mol. The van der Waals surface area contributed by atoms with Crippen LogP contribution in [0.5, 0.6) is 0 Å². The van der Waals surface area contributed by atoms with Crippen molar-refractivity contribution in [3.05, 3.63) is 24.3 Å². The van der Waals surface area contributed by atoms with Gasteiger partial charge < -0.3 is 0 Å². The molecule has 0 unspecified atom stereocenters. The molecule has 1 aromatic heterocycles. The van der Waals surface area contributed by atoms with Gasteiger partial charge in [-0.3, -0.25) is 0 Å². The highest BCUT2D eigenvalue weighted by molar-refractivity contribution is 5.39. The van der Waals surface area contributed by atoms with Gasteiger partial charge in [0.1, 0.15) is 11.9 Å². The van der Waals surface area contributed by atoms with Crippen LogP contribution in [0, 0.1) is 0 Å². The zero-order valence-corrected chi connectivity index (χ0v) is 6.40. The van der Waals surface area contributed by atoms with Gasteiger partial charge in [-0.25, -0.2) is 14.8 Å². The molecule has 1 heterocycles. The quantitative estimate of drug-likeness (QED) is 0.476. The normalized spacial score (nSPS) is 18.0. The standard InChI is InChI=1S/C8H7N3O/c12-6-11-8(2-3-8)7-1-4-9-5-10-7/h1,4-5H,2-3H2. The number of nitrogens with zero attached hydrogens (tertiary/aromatic N) is 3. The Kier molecular flexibility index (Phi) is 1.48. The summed E-state index contributed by atoms with van der Waals surface area (Å²) < 4.78 is 0. The van der Waals surface area contributed by atoms with Crippen molar-refractivity contribution in [3.63, 3.8) is 0 Å². The fraction of sp³-hybridized carbons (Fsp3) is 0.375. The Hall–Kier alpha value is -1.54. The fourth-order valence-electron chi connectivity index (χ4n) is 1.20. The van der Waals surface area contributed by atoms with Crippen molar-refractivity contribution in [2.45, 2.75) is 18.4 Å². The van der Waals surface area contributed by atoms with Gasteiger partial charge in [-0.1, -0.05) is 0 Å². The minimum absolute atomic E-state index is 0.356. The molecule has 12 heavy (non-hydrogen) atoms. The van der Waals surface area contributed by atoms with Gasteiger partial charge in [0.15, 0.2) is 0 Å². The molecule has 0 radical (unpaired) electrons. The van der Waals surface area contributed by atoms with Crippen LogP contribution in [0.25, 0.3) is 0 Å². The summed E-state index contributed by atoms with van der Waals surface area (Å²) in [5, 5.41) is 0. The summed E-state index contributed by atoms with van der Waals surface area (Å²) in [7, 11) is 0. The molecule has 0 atom stereocenters. The van der Waals surface area contributed by atoms with E-state index in [2.05, 4.69) is 15.0 Å². The Labute approximate surface area is 69.4 Å². The van der Waals surface area contributed by atoms with Crippen molar-refractivity contribution >= 4 is 6.08 Å². The number of aliphatic imine (C=N–C) groups is 1. The van der Waals surface area contributed by atoms with E-state index in [0.29, 0.717) is 0 Å². The predicted octanol–water partition coefficient (Wildman–Crippen LogP) is 0.801.